The quantitative estimate of drug-likeness (QED) is 0.171. The zero-order valence-corrected chi connectivity index (χ0v) is 17.9. The van der Waals surface area contributed by atoms with Crippen LogP contribution in [0.1, 0.15) is 27.0 Å². The summed E-state index contributed by atoms with van der Waals surface area (Å²) in [4.78, 5) is 39.1. The summed E-state index contributed by atoms with van der Waals surface area (Å²) in [5.74, 6) is -0.983. The number of carbonyl (C=O) groups excluding carboxylic acids is 2. The van der Waals surface area contributed by atoms with Gasteiger partial charge in [0, 0.05) is 12.1 Å². The van der Waals surface area contributed by atoms with Crippen LogP contribution in [0.4, 0.5) is 5.69 Å². The summed E-state index contributed by atoms with van der Waals surface area (Å²) in [6.45, 7) is 1.88. The minimum atomic E-state index is -0.720. The van der Waals surface area contributed by atoms with Crippen molar-refractivity contribution in [1.82, 2.24) is 0 Å². The first-order valence-corrected chi connectivity index (χ1v) is 10.0. The molecule has 0 spiro atoms. The van der Waals surface area contributed by atoms with Crippen molar-refractivity contribution in [3.8, 4) is 5.75 Å². The molecule has 0 aliphatic carbocycles. The molecule has 9 heteroatoms. The highest BCUT2D eigenvalue weighted by molar-refractivity contribution is 6.34. The number of nitro groups is 1. The van der Waals surface area contributed by atoms with Crippen LogP contribution in [0, 0.1) is 17.0 Å². The molecule has 8 nitrogen and oxygen atoms in total. The largest absolute Gasteiger partial charge is 0.423 e. The van der Waals surface area contributed by atoms with Crippen LogP contribution >= 0.6 is 11.6 Å². The lowest BCUT2D eigenvalue weighted by Gasteiger charge is -2.05. The topological polar surface area (TPSA) is 108 Å². The van der Waals surface area contributed by atoms with Crippen molar-refractivity contribution in [2.75, 3.05) is 0 Å². The van der Waals surface area contributed by atoms with Crippen molar-refractivity contribution < 1.29 is 24.0 Å². The zero-order valence-electron chi connectivity index (χ0n) is 17.2. The maximum atomic E-state index is 12.3. The van der Waals surface area contributed by atoms with Crippen molar-refractivity contribution in [3.05, 3.63) is 110 Å². The Hall–Kier alpha value is -4.30. The minimum Gasteiger partial charge on any atom is -0.423 e. The van der Waals surface area contributed by atoms with E-state index in [1.807, 2.05) is 13.0 Å². The van der Waals surface area contributed by atoms with E-state index in [0.717, 1.165) is 5.56 Å². The Kier molecular flexibility index (Phi) is 6.01. The van der Waals surface area contributed by atoms with E-state index in [1.165, 1.54) is 24.3 Å². The molecule has 1 aliphatic rings. The van der Waals surface area contributed by atoms with E-state index in [2.05, 4.69) is 4.99 Å². The third kappa shape index (κ3) is 4.97. The Morgan fingerprint density at radius 1 is 1.12 bits per heavy atom. The SMILES string of the molecule is Cc1cccc(C(=O)Oc2ccc(/C=C3\N=C(c4cc([N+](=O)[O-])ccc4Cl)OC3=O)cc2)c1. The summed E-state index contributed by atoms with van der Waals surface area (Å²) in [6, 6.07) is 17.3. The predicted octanol–water partition coefficient (Wildman–Crippen LogP) is 5.12. The minimum absolute atomic E-state index is 0.00271. The molecule has 0 bridgehead atoms. The Morgan fingerprint density at radius 2 is 1.88 bits per heavy atom. The van der Waals surface area contributed by atoms with Gasteiger partial charge in [-0.2, -0.15) is 0 Å². The number of esters is 2. The molecule has 0 unspecified atom stereocenters. The van der Waals surface area contributed by atoms with E-state index in [9.17, 15) is 19.7 Å². The van der Waals surface area contributed by atoms with Gasteiger partial charge in [0.15, 0.2) is 5.70 Å². The number of hydrogen-bond donors (Lipinski definition) is 0. The van der Waals surface area contributed by atoms with Crippen LogP contribution in [-0.4, -0.2) is 22.8 Å². The first-order valence-electron chi connectivity index (χ1n) is 9.66. The second kappa shape index (κ2) is 9.05. The van der Waals surface area contributed by atoms with Crippen molar-refractivity contribution in [1.29, 1.82) is 0 Å². The van der Waals surface area contributed by atoms with Gasteiger partial charge in [-0.3, -0.25) is 10.1 Å². The number of nitrogens with zero attached hydrogens (tertiary/aromatic N) is 2. The molecule has 164 valence electrons. The number of nitro benzene ring substituents is 1. The predicted molar refractivity (Wildman–Crippen MR) is 121 cm³/mol. The van der Waals surface area contributed by atoms with Crippen LogP contribution in [-0.2, 0) is 9.53 Å². The highest BCUT2D eigenvalue weighted by Crippen LogP contribution is 2.27. The molecule has 0 N–H and O–H groups in total. The van der Waals surface area contributed by atoms with Gasteiger partial charge in [-0.15, -0.1) is 0 Å². The average Bonchev–Trinajstić information content (AvgIpc) is 3.15. The second-order valence-corrected chi connectivity index (χ2v) is 7.49. The molecule has 0 radical (unpaired) electrons. The van der Waals surface area contributed by atoms with Gasteiger partial charge in [0.2, 0.25) is 5.90 Å². The number of carbonyl (C=O) groups is 2. The Labute approximate surface area is 192 Å². The Morgan fingerprint density at radius 3 is 2.58 bits per heavy atom. The van der Waals surface area contributed by atoms with Crippen LogP contribution in [0.25, 0.3) is 6.08 Å². The van der Waals surface area contributed by atoms with Crippen molar-refractivity contribution in [2.24, 2.45) is 4.99 Å². The van der Waals surface area contributed by atoms with E-state index in [-0.39, 0.29) is 27.9 Å². The molecular formula is C24H15ClN2O6. The molecule has 0 saturated heterocycles. The van der Waals surface area contributed by atoms with Gasteiger partial charge >= 0.3 is 11.9 Å². The van der Waals surface area contributed by atoms with Gasteiger partial charge < -0.3 is 9.47 Å². The van der Waals surface area contributed by atoms with Crippen LogP contribution in [0.2, 0.25) is 5.02 Å². The standard InChI is InChI=1S/C24H15ClN2O6/c1-14-3-2-4-16(11-14)23(28)32-18-8-5-15(6-9-18)12-21-24(29)33-22(26-21)19-13-17(27(30)31)7-10-20(19)25/h2-13H,1H3/b21-12-. The summed E-state index contributed by atoms with van der Waals surface area (Å²) < 4.78 is 10.5. The van der Waals surface area contributed by atoms with Crippen LogP contribution in [0.3, 0.4) is 0 Å². The van der Waals surface area contributed by atoms with Crippen molar-refractivity contribution in [2.45, 2.75) is 6.92 Å². The van der Waals surface area contributed by atoms with Crippen molar-refractivity contribution >= 4 is 41.2 Å². The average molecular weight is 463 g/mol. The molecule has 1 heterocycles. The Bertz CT molecular complexity index is 1350. The summed E-state index contributed by atoms with van der Waals surface area (Å²) in [6.07, 6.45) is 1.48. The first-order chi connectivity index (χ1) is 15.8. The lowest BCUT2D eigenvalue weighted by Crippen LogP contribution is -2.08. The number of rotatable bonds is 5. The molecular weight excluding hydrogens is 448 g/mol. The maximum Gasteiger partial charge on any atom is 0.363 e. The fourth-order valence-electron chi connectivity index (χ4n) is 3.04. The summed E-state index contributed by atoms with van der Waals surface area (Å²) in [5, 5.41) is 11.2. The van der Waals surface area contributed by atoms with Crippen molar-refractivity contribution in [3.63, 3.8) is 0 Å². The molecule has 3 aromatic rings. The van der Waals surface area contributed by atoms with Gasteiger partial charge in [-0.1, -0.05) is 41.4 Å². The fraction of sp³-hybridized carbons (Fsp3) is 0.0417. The monoisotopic (exact) mass is 462 g/mol. The summed E-state index contributed by atoms with van der Waals surface area (Å²) in [5.41, 5.74) is 1.92. The normalized spacial score (nSPS) is 14.1. The Balaban J connectivity index is 1.53. The number of ether oxygens (including phenoxy) is 2. The molecule has 0 aromatic heterocycles. The van der Waals surface area contributed by atoms with E-state index in [0.29, 0.717) is 16.9 Å². The van der Waals surface area contributed by atoms with E-state index < -0.39 is 16.9 Å². The van der Waals surface area contributed by atoms with E-state index in [4.69, 9.17) is 21.1 Å². The zero-order chi connectivity index (χ0) is 23.5. The lowest BCUT2D eigenvalue weighted by atomic mass is 10.1. The molecule has 3 aromatic carbocycles. The molecule has 1 aliphatic heterocycles. The molecule has 0 saturated carbocycles. The molecule has 4 rings (SSSR count). The van der Waals surface area contributed by atoms with Gasteiger partial charge in [0.25, 0.3) is 5.69 Å². The van der Waals surface area contributed by atoms with Crippen LogP contribution < -0.4 is 4.74 Å². The third-order valence-corrected chi connectivity index (χ3v) is 4.99. The highest BCUT2D eigenvalue weighted by atomic mass is 35.5. The van der Waals surface area contributed by atoms with Gasteiger partial charge in [0.1, 0.15) is 5.75 Å². The summed E-state index contributed by atoms with van der Waals surface area (Å²) in [7, 11) is 0. The number of hydrogen-bond acceptors (Lipinski definition) is 7. The number of halogens is 1. The third-order valence-electron chi connectivity index (χ3n) is 4.66. The smallest absolute Gasteiger partial charge is 0.363 e. The lowest BCUT2D eigenvalue weighted by molar-refractivity contribution is -0.384. The fourth-order valence-corrected chi connectivity index (χ4v) is 3.24. The number of benzene rings is 3. The van der Waals surface area contributed by atoms with Gasteiger partial charge in [-0.05, 0) is 48.9 Å². The van der Waals surface area contributed by atoms with Gasteiger partial charge in [-0.25, -0.2) is 14.6 Å². The number of cyclic esters (lactones) is 1. The second-order valence-electron chi connectivity index (χ2n) is 7.09. The summed E-state index contributed by atoms with van der Waals surface area (Å²) >= 11 is 6.09. The molecule has 33 heavy (non-hydrogen) atoms. The number of aliphatic imine (C=N–C) groups is 1. The van der Waals surface area contributed by atoms with Gasteiger partial charge in [0.05, 0.1) is 21.1 Å². The molecule has 0 atom stereocenters. The van der Waals surface area contributed by atoms with Crippen LogP contribution in [0.15, 0.2) is 77.4 Å². The highest BCUT2D eigenvalue weighted by Gasteiger charge is 2.27. The molecule has 0 amide bonds. The van der Waals surface area contributed by atoms with E-state index in [1.54, 1.807) is 42.5 Å². The maximum absolute atomic E-state index is 12.3. The first kappa shape index (κ1) is 21.9. The number of non-ortho nitro benzene ring substituents is 1. The molecule has 0 fully saturated rings. The van der Waals surface area contributed by atoms with E-state index >= 15 is 0 Å². The van der Waals surface area contributed by atoms with Crippen LogP contribution in [0.5, 0.6) is 5.75 Å². The number of aryl methyl sites for hydroxylation is 1.